The minimum atomic E-state index is 0.189. The molecule has 1 aromatic heterocycles. The van der Waals surface area contributed by atoms with Crippen LogP contribution in [0.15, 0.2) is 35.1 Å². The molecule has 1 aromatic carbocycles. The smallest absolute Gasteiger partial charge is 0.195 e. The summed E-state index contributed by atoms with van der Waals surface area (Å²) in [6, 6.07) is 8.36. The summed E-state index contributed by atoms with van der Waals surface area (Å²) in [5.74, 6) is 0. The lowest BCUT2D eigenvalue weighted by molar-refractivity contribution is 0.628. The normalized spacial score (nSPS) is 12.7. The molecular formula is C10H10BrN3S. The number of aromatic nitrogens is 3. The maximum atomic E-state index is 5.13. The number of nitrogens with one attached hydrogen (secondary N) is 1. The van der Waals surface area contributed by atoms with Crippen molar-refractivity contribution >= 4 is 28.1 Å². The second-order valence-electron chi connectivity index (χ2n) is 3.30. The standard InChI is InChI=1S/C10H10BrN3S/c1-7(14-6-12-13-10(14)15)8-3-2-4-9(11)5-8/h2-7H,1H3,(H,13,15). The minimum absolute atomic E-state index is 0.189. The van der Waals surface area contributed by atoms with Gasteiger partial charge in [-0.1, -0.05) is 28.1 Å². The minimum Gasteiger partial charge on any atom is -0.299 e. The summed E-state index contributed by atoms with van der Waals surface area (Å²) in [5, 5.41) is 6.66. The summed E-state index contributed by atoms with van der Waals surface area (Å²) >= 11 is 8.58. The molecule has 1 unspecified atom stereocenters. The van der Waals surface area contributed by atoms with Crippen molar-refractivity contribution in [3.63, 3.8) is 0 Å². The van der Waals surface area contributed by atoms with Gasteiger partial charge in [0.2, 0.25) is 0 Å². The SMILES string of the molecule is CC(c1cccc(Br)c1)n1cn[nH]c1=S. The molecule has 1 heterocycles. The zero-order valence-corrected chi connectivity index (χ0v) is 10.5. The number of nitrogens with zero attached hydrogens (tertiary/aromatic N) is 2. The maximum Gasteiger partial charge on any atom is 0.195 e. The number of hydrogen-bond acceptors (Lipinski definition) is 2. The Morgan fingerprint density at radius 1 is 1.53 bits per heavy atom. The topological polar surface area (TPSA) is 33.6 Å². The molecule has 0 aliphatic carbocycles. The molecule has 0 aliphatic rings. The molecule has 0 bridgehead atoms. The summed E-state index contributed by atoms with van der Waals surface area (Å²) in [7, 11) is 0. The lowest BCUT2D eigenvalue weighted by Crippen LogP contribution is -2.05. The summed E-state index contributed by atoms with van der Waals surface area (Å²) in [6.07, 6.45) is 1.72. The molecule has 1 atom stereocenters. The van der Waals surface area contributed by atoms with Crippen molar-refractivity contribution in [3.05, 3.63) is 45.4 Å². The second-order valence-corrected chi connectivity index (χ2v) is 4.60. The van der Waals surface area contributed by atoms with E-state index in [9.17, 15) is 0 Å². The largest absolute Gasteiger partial charge is 0.299 e. The number of hydrogen-bond donors (Lipinski definition) is 1. The zero-order chi connectivity index (χ0) is 10.8. The number of H-pyrrole nitrogens is 1. The van der Waals surface area contributed by atoms with E-state index in [0.29, 0.717) is 4.77 Å². The fourth-order valence-electron chi connectivity index (χ4n) is 1.46. The van der Waals surface area contributed by atoms with Gasteiger partial charge in [-0.2, -0.15) is 5.10 Å². The Hall–Kier alpha value is -0.940. The van der Waals surface area contributed by atoms with Crippen molar-refractivity contribution in [1.29, 1.82) is 0 Å². The molecule has 78 valence electrons. The predicted molar refractivity (Wildman–Crippen MR) is 65.4 cm³/mol. The third kappa shape index (κ3) is 2.18. The Labute approximate surface area is 101 Å². The van der Waals surface area contributed by atoms with Crippen molar-refractivity contribution < 1.29 is 0 Å². The quantitative estimate of drug-likeness (QED) is 0.858. The van der Waals surface area contributed by atoms with Crippen molar-refractivity contribution in [3.8, 4) is 0 Å². The third-order valence-corrected chi connectivity index (χ3v) is 3.12. The molecule has 2 aromatic rings. The Morgan fingerprint density at radius 2 is 2.33 bits per heavy atom. The lowest BCUT2D eigenvalue weighted by atomic mass is 10.1. The van der Waals surface area contributed by atoms with Gasteiger partial charge in [-0.15, -0.1) is 0 Å². The molecule has 5 heteroatoms. The van der Waals surface area contributed by atoms with Crippen LogP contribution in [0.4, 0.5) is 0 Å². The van der Waals surface area contributed by atoms with E-state index in [1.54, 1.807) is 6.33 Å². The summed E-state index contributed by atoms with van der Waals surface area (Å²) < 4.78 is 3.64. The molecule has 0 spiro atoms. The van der Waals surface area contributed by atoms with E-state index in [1.807, 2.05) is 16.7 Å². The van der Waals surface area contributed by atoms with E-state index in [0.717, 1.165) is 4.47 Å². The monoisotopic (exact) mass is 283 g/mol. The Kier molecular flexibility index (Phi) is 3.02. The van der Waals surface area contributed by atoms with Crippen LogP contribution in [0.5, 0.6) is 0 Å². The van der Waals surface area contributed by atoms with Crippen LogP contribution < -0.4 is 0 Å². The highest BCUT2D eigenvalue weighted by Crippen LogP contribution is 2.21. The fraction of sp³-hybridized carbons (Fsp3) is 0.200. The summed E-state index contributed by atoms with van der Waals surface area (Å²) in [4.78, 5) is 0. The first-order chi connectivity index (χ1) is 7.18. The molecule has 0 saturated heterocycles. The molecule has 1 N–H and O–H groups in total. The van der Waals surface area contributed by atoms with Gasteiger partial charge in [-0.25, -0.2) is 0 Å². The van der Waals surface area contributed by atoms with Crippen LogP contribution in [-0.2, 0) is 0 Å². The van der Waals surface area contributed by atoms with E-state index in [-0.39, 0.29) is 6.04 Å². The number of aromatic amines is 1. The molecule has 3 nitrogen and oxygen atoms in total. The van der Waals surface area contributed by atoms with E-state index in [2.05, 4.69) is 45.2 Å². The molecule has 0 radical (unpaired) electrons. The van der Waals surface area contributed by atoms with Crippen molar-refractivity contribution in [1.82, 2.24) is 14.8 Å². The fourth-order valence-corrected chi connectivity index (χ4v) is 2.13. The molecule has 0 aliphatic heterocycles. The van der Waals surface area contributed by atoms with Gasteiger partial charge in [0.25, 0.3) is 0 Å². The highest BCUT2D eigenvalue weighted by molar-refractivity contribution is 9.10. The van der Waals surface area contributed by atoms with Gasteiger partial charge in [-0.3, -0.25) is 9.67 Å². The number of benzene rings is 1. The molecular weight excluding hydrogens is 274 g/mol. The van der Waals surface area contributed by atoms with Gasteiger partial charge in [0.1, 0.15) is 6.33 Å². The van der Waals surface area contributed by atoms with E-state index >= 15 is 0 Å². The zero-order valence-electron chi connectivity index (χ0n) is 8.14. The highest BCUT2D eigenvalue weighted by atomic mass is 79.9. The Morgan fingerprint density at radius 3 is 2.93 bits per heavy atom. The highest BCUT2D eigenvalue weighted by Gasteiger charge is 2.08. The van der Waals surface area contributed by atoms with Gasteiger partial charge in [0.15, 0.2) is 4.77 Å². The first-order valence-electron chi connectivity index (χ1n) is 4.55. The van der Waals surface area contributed by atoms with Crippen molar-refractivity contribution in [2.75, 3.05) is 0 Å². The van der Waals surface area contributed by atoms with Crippen LogP contribution in [0.25, 0.3) is 0 Å². The first-order valence-corrected chi connectivity index (χ1v) is 5.75. The van der Waals surface area contributed by atoms with E-state index in [1.165, 1.54) is 5.56 Å². The van der Waals surface area contributed by atoms with E-state index < -0.39 is 0 Å². The maximum absolute atomic E-state index is 5.13. The van der Waals surface area contributed by atoms with Gasteiger partial charge < -0.3 is 0 Å². The molecule has 0 saturated carbocycles. The third-order valence-electron chi connectivity index (χ3n) is 2.33. The van der Waals surface area contributed by atoms with Gasteiger partial charge in [0.05, 0.1) is 6.04 Å². The summed E-state index contributed by atoms with van der Waals surface area (Å²) in [6.45, 7) is 2.09. The lowest BCUT2D eigenvalue weighted by Gasteiger charge is -2.12. The van der Waals surface area contributed by atoms with Crippen molar-refractivity contribution in [2.24, 2.45) is 0 Å². The second kappa shape index (κ2) is 4.28. The number of rotatable bonds is 2. The van der Waals surface area contributed by atoms with Crippen LogP contribution in [-0.4, -0.2) is 14.8 Å². The molecule has 15 heavy (non-hydrogen) atoms. The van der Waals surface area contributed by atoms with Crippen LogP contribution in [0.2, 0.25) is 0 Å². The van der Waals surface area contributed by atoms with Gasteiger partial charge in [0, 0.05) is 4.47 Å². The molecule has 0 fully saturated rings. The van der Waals surface area contributed by atoms with Gasteiger partial charge >= 0.3 is 0 Å². The molecule has 2 rings (SSSR count). The Bertz CT molecular complexity index is 517. The van der Waals surface area contributed by atoms with E-state index in [4.69, 9.17) is 12.2 Å². The molecule has 0 amide bonds. The Balaban J connectivity index is 2.41. The average Bonchev–Trinajstić information content (AvgIpc) is 2.63. The number of halogens is 1. The average molecular weight is 284 g/mol. The van der Waals surface area contributed by atoms with Crippen LogP contribution in [0, 0.1) is 4.77 Å². The van der Waals surface area contributed by atoms with Crippen LogP contribution >= 0.6 is 28.1 Å². The van der Waals surface area contributed by atoms with Gasteiger partial charge in [-0.05, 0) is 36.8 Å². The summed E-state index contributed by atoms with van der Waals surface area (Å²) in [5.41, 5.74) is 1.20. The predicted octanol–water partition coefficient (Wildman–Crippen LogP) is 3.31. The first kappa shape index (κ1) is 10.6. The van der Waals surface area contributed by atoms with Crippen molar-refractivity contribution in [2.45, 2.75) is 13.0 Å². The van der Waals surface area contributed by atoms with Crippen LogP contribution in [0.1, 0.15) is 18.5 Å². The van der Waals surface area contributed by atoms with Crippen LogP contribution in [0.3, 0.4) is 0 Å².